The molecule has 1 N–H and O–H groups in total. The number of hydrogen-bond donors (Lipinski definition) is 1. The lowest BCUT2D eigenvalue weighted by Crippen LogP contribution is -2.35. The Morgan fingerprint density at radius 1 is 1.04 bits per heavy atom. The van der Waals surface area contributed by atoms with Crippen LogP contribution in [-0.2, 0) is 4.79 Å². The molecule has 1 aliphatic heterocycles. The molecule has 1 aliphatic rings. The van der Waals surface area contributed by atoms with E-state index in [1.807, 2.05) is 65.2 Å². The summed E-state index contributed by atoms with van der Waals surface area (Å²) in [5.74, 6) is 0.585. The second kappa shape index (κ2) is 7.63. The van der Waals surface area contributed by atoms with Crippen LogP contribution in [-0.4, -0.2) is 50.4 Å². The predicted octanol–water partition coefficient (Wildman–Crippen LogP) is 2.58. The minimum absolute atomic E-state index is 0.118. The van der Waals surface area contributed by atoms with Crippen molar-refractivity contribution in [3.63, 3.8) is 0 Å². The molecule has 4 rings (SSSR count). The van der Waals surface area contributed by atoms with Gasteiger partial charge in [-0.3, -0.25) is 14.3 Å². The standard InChI is InChI=1S/C19H17N5O2S/c25-16(23-12-11-20-18(23)26)13-27-19-22-21-17(14-7-3-1-4-8-14)24(19)15-9-5-2-6-10-15/h1-10H,11-13H2,(H,20,26). The maximum absolute atomic E-state index is 12.3. The minimum Gasteiger partial charge on any atom is -0.336 e. The van der Waals surface area contributed by atoms with Gasteiger partial charge in [-0.15, -0.1) is 10.2 Å². The normalized spacial score (nSPS) is 13.6. The number of benzene rings is 2. The van der Waals surface area contributed by atoms with Crippen molar-refractivity contribution in [2.75, 3.05) is 18.8 Å². The minimum atomic E-state index is -0.338. The maximum Gasteiger partial charge on any atom is 0.324 e. The Morgan fingerprint density at radius 3 is 2.41 bits per heavy atom. The van der Waals surface area contributed by atoms with Gasteiger partial charge in [0.15, 0.2) is 11.0 Å². The van der Waals surface area contributed by atoms with Crippen molar-refractivity contribution in [2.45, 2.75) is 5.16 Å². The van der Waals surface area contributed by atoms with Gasteiger partial charge >= 0.3 is 6.03 Å². The Kier molecular flexibility index (Phi) is 4.88. The molecule has 0 saturated carbocycles. The van der Waals surface area contributed by atoms with Gasteiger partial charge in [0.1, 0.15) is 0 Å². The van der Waals surface area contributed by atoms with Crippen LogP contribution in [0.15, 0.2) is 65.8 Å². The lowest BCUT2D eigenvalue weighted by molar-refractivity contribution is -0.124. The van der Waals surface area contributed by atoms with Gasteiger partial charge in [0.25, 0.3) is 0 Å². The molecule has 3 aromatic rings. The summed E-state index contributed by atoms with van der Waals surface area (Å²) >= 11 is 1.27. The molecule has 1 aromatic heterocycles. The first-order valence-corrected chi connectivity index (χ1v) is 9.50. The molecular weight excluding hydrogens is 362 g/mol. The second-order valence-corrected chi connectivity index (χ2v) is 6.85. The van der Waals surface area contributed by atoms with Gasteiger partial charge in [-0.25, -0.2) is 4.79 Å². The Balaban J connectivity index is 1.64. The van der Waals surface area contributed by atoms with Crippen LogP contribution < -0.4 is 5.32 Å². The van der Waals surface area contributed by atoms with Gasteiger partial charge < -0.3 is 5.32 Å². The van der Waals surface area contributed by atoms with Crippen LogP contribution in [0.25, 0.3) is 17.1 Å². The van der Waals surface area contributed by atoms with Crippen LogP contribution in [0.4, 0.5) is 4.79 Å². The number of carbonyl (C=O) groups excluding carboxylic acids is 2. The van der Waals surface area contributed by atoms with Gasteiger partial charge in [-0.1, -0.05) is 60.3 Å². The van der Waals surface area contributed by atoms with Crippen LogP contribution in [0.1, 0.15) is 0 Å². The van der Waals surface area contributed by atoms with Gasteiger partial charge in [-0.2, -0.15) is 0 Å². The van der Waals surface area contributed by atoms with E-state index in [2.05, 4.69) is 15.5 Å². The number of urea groups is 1. The number of nitrogens with zero attached hydrogens (tertiary/aromatic N) is 4. The third-order valence-corrected chi connectivity index (χ3v) is 5.08. The first-order valence-electron chi connectivity index (χ1n) is 8.51. The summed E-state index contributed by atoms with van der Waals surface area (Å²) < 4.78 is 1.93. The summed E-state index contributed by atoms with van der Waals surface area (Å²) in [6.45, 7) is 0.895. The summed E-state index contributed by atoms with van der Waals surface area (Å²) in [6.07, 6.45) is 0. The van der Waals surface area contributed by atoms with Crippen LogP contribution in [0.3, 0.4) is 0 Å². The first-order chi connectivity index (χ1) is 13.2. The number of amides is 3. The van der Waals surface area contributed by atoms with Crippen molar-refractivity contribution >= 4 is 23.7 Å². The number of para-hydroxylation sites is 1. The molecule has 0 aliphatic carbocycles. The lowest BCUT2D eigenvalue weighted by atomic mass is 10.2. The van der Waals surface area contributed by atoms with Crippen LogP contribution in [0.5, 0.6) is 0 Å². The van der Waals surface area contributed by atoms with Crippen molar-refractivity contribution in [1.82, 2.24) is 25.0 Å². The molecule has 3 amide bonds. The fourth-order valence-corrected chi connectivity index (χ4v) is 3.69. The Morgan fingerprint density at radius 2 is 1.74 bits per heavy atom. The van der Waals surface area contributed by atoms with Gasteiger partial charge in [0, 0.05) is 24.3 Å². The van der Waals surface area contributed by atoms with Crippen LogP contribution >= 0.6 is 11.8 Å². The fourth-order valence-electron chi connectivity index (χ4n) is 2.86. The molecular formula is C19H17N5O2S. The summed E-state index contributed by atoms with van der Waals surface area (Å²) in [5.41, 5.74) is 1.85. The average molecular weight is 379 g/mol. The number of carbonyl (C=O) groups is 2. The molecule has 7 nitrogen and oxygen atoms in total. The summed E-state index contributed by atoms with van der Waals surface area (Å²) in [4.78, 5) is 25.2. The number of rotatable bonds is 5. The van der Waals surface area contributed by atoms with E-state index in [9.17, 15) is 9.59 Å². The molecule has 136 valence electrons. The molecule has 0 unspecified atom stereocenters. The maximum atomic E-state index is 12.3. The zero-order valence-corrected chi connectivity index (χ0v) is 15.2. The van der Waals surface area contributed by atoms with Crippen molar-refractivity contribution in [3.05, 3.63) is 60.7 Å². The average Bonchev–Trinajstić information content (AvgIpc) is 3.33. The van der Waals surface area contributed by atoms with E-state index in [1.165, 1.54) is 16.7 Å². The monoisotopic (exact) mass is 379 g/mol. The van der Waals surface area contributed by atoms with E-state index in [4.69, 9.17) is 0 Å². The Labute approximate surface area is 160 Å². The molecule has 2 aromatic carbocycles. The van der Waals surface area contributed by atoms with Crippen molar-refractivity contribution in [1.29, 1.82) is 0 Å². The fraction of sp³-hybridized carbons (Fsp3) is 0.158. The molecule has 0 spiro atoms. The Bertz CT molecular complexity index is 959. The number of imide groups is 1. The van der Waals surface area contributed by atoms with Crippen LogP contribution in [0, 0.1) is 0 Å². The third kappa shape index (κ3) is 3.56. The predicted molar refractivity (Wildman–Crippen MR) is 103 cm³/mol. The highest BCUT2D eigenvalue weighted by atomic mass is 32.2. The zero-order valence-electron chi connectivity index (χ0n) is 14.4. The van der Waals surface area contributed by atoms with Crippen molar-refractivity contribution in [3.8, 4) is 17.1 Å². The SMILES string of the molecule is O=C(CSc1nnc(-c2ccccc2)n1-c1ccccc1)N1CCNC1=O. The number of thioether (sulfide) groups is 1. The van der Waals surface area contributed by atoms with E-state index >= 15 is 0 Å². The third-order valence-electron chi connectivity index (χ3n) is 4.16. The second-order valence-electron chi connectivity index (χ2n) is 5.91. The largest absolute Gasteiger partial charge is 0.336 e. The molecule has 8 heteroatoms. The highest BCUT2D eigenvalue weighted by Gasteiger charge is 2.26. The van der Waals surface area contributed by atoms with Crippen molar-refractivity contribution in [2.24, 2.45) is 0 Å². The molecule has 1 saturated heterocycles. The summed E-state index contributed by atoms with van der Waals surface area (Å²) in [5, 5.41) is 11.9. The number of hydrogen-bond acceptors (Lipinski definition) is 5. The zero-order chi connectivity index (χ0) is 18.6. The first kappa shape index (κ1) is 17.3. The molecule has 27 heavy (non-hydrogen) atoms. The molecule has 0 atom stereocenters. The number of nitrogens with one attached hydrogen (secondary N) is 1. The van der Waals surface area contributed by atoms with E-state index < -0.39 is 0 Å². The molecule has 0 radical (unpaired) electrons. The van der Waals surface area contributed by atoms with Gasteiger partial charge in [0.05, 0.1) is 5.75 Å². The smallest absolute Gasteiger partial charge is 0.324 e. The van der Waals surface area contributed by atoms with Crippen LogP contribution in [0.2, 0.25) is 0 Å². The summed E-state index contributed by atoms with van der Waals surface area (Å²) in [6, 6.07) is 19.2. The highest BCUT2D eigenvalue weighted by Crippen LogP contribution is 2.28. The quantitative estimate of drug-likeness (QED) is 0.689. The summed E-state index contributed by atoms with van der Waals surface area (Å²) in [7, 11) is 0. The Hall–Kier alpha value is -3.13. The van der Waals surface area contributed by atoms with E-state index in [1.54, 1.807) is 0 Å². The van der Waals surface area contributed by atoms with Gasteiger partial charge in [-0.05, 0) is 12.1 Å². The highest BCUT2D eigenvalue weighted by molar-refractivity contribution is 7.99. The molecule has 1 fully saturated rings. The van der Waals surface area contributed by atoms with Gasteiger partial charge in [0.2, 0.25) is 5.91 Å². The number of aromatic nitrogens is 3. The van der Waals surface area contributed by atoms with E-state index in [0.29, 0.717) is 24.1 Å². The topological polar surface area (TPSA) is 80.1 Å². The molecule has 2 heterocycles. The molecule has 0 bridgehead atoms. The van der Waals surface area contributed by atoms with E-state index in [-0.39, 0.29) is 17.7 Å². The van der Waals surface area contributed by atoms with E-state index in [0.717, 1.165) is 11.3 Å². The van der Waals surface area contributed by atoms with Crippen molar-refractivity contribution < 1.29 is 9.59 Å². The lowest BCUT2D eigenvalue weighted by Gasteiger charge is -2.13.